The number of ether oxygens (including phenoxy) is 2. The summed E-state index contributed by atoms with van der Waals surface area (Å²) < 4.78 is 13.3. The van der Waals surface area contributed by atoms with Crippen molar-refractivity contribution >= 4 is 23.5 Å². The molecule has 0 radical (unpaired) electrons. The molecular formula is C23H31N5O6. The van der Waals surface area contributed by atoms with Crippen LogP contribution in [0.3, 0.4) is 0 Å². The lowest BCUT2D eigenvalue weighted by molar-refractivity contribution is -0.136. The summed E-state index contributed by atoms with van der Waals surface area (Å²) in [6.07, 6.45) is 6.16. The second kappa shape index (κ2) is 9.98. The number of carbonyl (C=O) groups is 2. The van der Waals surface area contributed by atoms with Gasteiger partial charge in [0.1, 0.15) is 5.65 Å². The van der Waals surface area contributed by atoms with Crippen LogP contribution in [0, 0.1) is 5.92 Å². The first kappa shape index (κ1) is 24.0. The molecule has 2 N–H and O–H groups in total. The van der Waals surface area contributed by atoms with Gasteiger partial charge in [-0.2, -0.15) is 9.61 Å². The molecule has 1 aliphatic heterocycles. The van der Waals surface area contributed by atoms with Crippen LogP contribution in [0.1, 0.15) is 42.6 Å². The van der Waals surface area contributed by atoms with Gasteiger partial charge in [-0.15, -0.1) is 0 Å². The van der Waals surface area contributed by atoms with Crippen LogP contribution in [0.2, 0.25) is 0 Å². The predicted molar refractivity (Wildman–Crippen MR) is 124 cm³/mol. The van der Waals surface area contributed by atoms with E-state index in [4.69, 9.17) is 9.47 Å². The van der Waals surface area contributed by atoms with Crippen molar-refractivity contribution in [3.8, 4) is 5.88 Å². The number of aromatic nitrogens is 3. The Morgan fingerprint density at radius 1 is 1.38 bits per heavy atom. The molecule has 2 fully saturated rings. The minimum Gasteiger partial charge on any atom is -0.492 e. The van der Waals surface area contributed by atoms with E-state index in [0.29, 0.717) is 44.1 Å². The zero-order valence-corrected chi connectivity index (χ0v) is 19.7. The van der Waals surface area contributed by atoms with Crippen LogP contribution in [0.5, 0.6) is 5.88 Å². The van der Waals surface area contributed by atoms with Crippen LogP contribution in [-0.2, 0) is 20.8 Å². The van der Waals surface area contributed by atoms with Crippen molar-refractivity contribution in [2.24, 2.45) is 5.92 Å². The predicted octanol–water partition coefficient (Wildman–Crippen LogP) is 0.637. The molecule has 11 heteroatoms. The fraction of sp³-hybridized carbons (Fsp3) is 0.565. The Morgan fingerprint density at radius 2 is 2.15 bits per heavy atom. The van der Waals surface area contributed by atoms with Crippen molar-refractivity contribution in [2.45, 2.75) is 45.3 Å². The minimum atomic E-state index is -0.608. The maximum atomic E-state index is 13.3. The van der Waals surface area contributed by atoms with Crippen LogP contribution >= 0.6 is 0 Å². The standard InChI is InChI=1S/C23H31N5O6/c1-14(2)11-27-21-15(4-7-18(29)26-8-9-34-13-17(26)12-33-3)10-24-28(21)23(32)19(22(27)31)20(30)25-16-5-6-16/h4,7,10,14,16-17,32H,5-6,8-9,11-13H2,1-3H3,(H,25,30)/b7-4+/t17-/m0/s1. The summed E-state index contributed by atoms with van der Waals surface area (Å²) in [4.78, 5) is 40.6. The van der Waals surface area contributed by atoms with Crippen molar-refractivity contribution in [1.82, 2.24) is 24.4 Å². The quantitative estimate of drug-likeness (QED) is 0.539. The van der Waals surface area contributed by atoms with Gasteiger partial charge in [-0.1, -0.05) is 13.8 Å². The third-order valence-electron chi connectivity index (χ3n) is 5.87. The van der Waals surface area contributed by atoms with Gasteiger partial charge in [-0.3, -0.25) is 19.0 Å². The monoisotopic (exact) mass is 473 g/mol. The summed E-state index contributed by atoms with van der Waals surface area (Å²) in [5, 5.41) is 17.7. The maximum absolute atomic E-state index is 13.3. The zero-order chi connectivity index (χ0) is 24.4. The highest BCUT2D eigenvalue weighted by Gasteiger charge is 2.30. The molecule has 2 aromatic heterocycles. The average molecular weight is 474 g/mol. The Kier molecular flexibility index (Phi) is 7.03. The molecule has 34 heavy (non-hydrogen) atoms. The normalized spacial score (nSPS) is 18.8. The smallest absolute Gasteiger partial charge is 0.270 e. The first-order chi connectivity index (χ1) is 16.3. The molecule has 0 aromatic carbocycles. The molecule has 1 saturated heterocycles. The van der Waals surface area contributed by atoms with Gasteiger partial charge in [0.05, 0.1) is 32.1 Å². The lowest BCUT2D eigenvalue weighted by Crippen LogP contribution is -2.50. The van der Waals surface area contributed by atoms with Gasteiger partial charge in [0.2, 0.25) is 11.8 Å². The van der Waals surface area contributed by atoms with E-state index in [1.165, 1.54) is 21.4 Å². The van der Waals surface area contributed by atoms with Crippen molar-refractivity contribution in [2.75, 3.05) is 33.5 Å². The van der Waals surface area contributed by atoms with Crippen LogP contribution in [0.15, 0.2) is 17.1 Å². The molecule has 2 aliphatic rings. The van der Waals surface area contributed by atoms with Crippen LogP contribution in [0.4, 0.5) is 0 Å². The number of aromatic hydroxyl groups is 1. The van der Waals surface area contributed by atoms with Gasteiger partial charge in [-0.25, -0.2) is 0 Å². The number of hydrogen-bond donors (Lipinski definition) is 2. The van der Waals surface area contributed by atoms with Crippen LogP contribution in [0.25, 0.3) is 11.7 Å². The number of fused-ring (bicyclic) bond motifs is 1. The van der Waals surface area contributed by atoms with Gasteiger partial charge >= 0.3 is 0 Å². The Morgan fingerprint density at radius 3 is 2.82 bits per heavy atom. The Labute approximate surface area is 196 Å². The van der Waals surface area contributed by atoms with E-state index >= 15 is 0 Å². The Bertz CT molecular complexity index is 1160. The van der Waals surface area contributed by atoms with Crippen molar-refractivity contribution < 1.29 is 24.2 Å². The van der Waals surface area contributed by atoms with Gasteiger partial charge in [-0.05, 0) is 24.8 Å². The molecule has 1 atom stereocenters. The highest BCUT2D eigenvalue weighted by atomic mass is 16.5. The average Bonchev–Trinajstić information content (AvgIpc) is 3.51. The SMILES string of the molecule is COC[C@H]1COCCN1C(=O)/C=C/c1cnn2c(O)c(C(=O)NC3CC3)c(=O)n(CC(C)C)c12. The maximum Gasteiger partial charge on any atom is 0.270 e. The highest BCUT2D eigenvalue weighted by molar-refractivity contribution is 5.97. The lowest BCUT2D eigenvalue weighted by Gasteiger charge is -2.34. The van der Waals surface area contributed by atoms with Crippen molar-refractivity contribution in [3.63, 3.8) is 0 Å². The number of carbonyl (C=O) groups excluding carboxylic acids is 2. The summed E-state index contributed by atoms with van der Waals surface area (Å²) >= 11 is 0. The molecule has 1 aliphatic carbocycles. The number of nitrogens with zero attached hydrogens (tertiary/aromatic N) is 4. The van der Waals surface area contributed by atoms with E-state index in [1.54, 1.807) is 18.1 Å². The largest absolute Gasteiger partial charge is 0.492 e. The van der Waals surface area contributed by atoms with E-state index < -0.39 is 17.3 Å². The molecular weight excluding hydrogens is 442 g/mol. The first-order valence-electron chi connectivity index (χ1n) is 11.5. The number of methoxy groups -OCH3 is 1. The molecule has 184 valence electrons. The van der Waals surface area contributed by atoms with Gasteiger partial charge in [0.15, 0.2) is 5.56 Å². The van der Waals surface area contributed by atoms with Crippen LogP contribution in [-0.4, -0.2) is 81.6 Å². The fourth-order valence-electron chi connectivity index (χ4n) is 4.08. The number of amides is 2. The zero-order valence-electron chi connectivity index (χ0n) is 19.7. The molecule has 0 bridgehead atoms. The summed E-state index contributed by atoms with van der Waals surface area (Å²) in [6.45, 7) is 5.87. The molecule has 4 rings (SSSR count). The minimum absolute atomic E-state index is 0.0322. The molecule has 3 heterocycles. The lowest BCUT2D eigenvalue weighted by atomic mass is 10.2. The summed E-state index contributed by atoms with van der Waals surface area (Å²) in [5.41, 5.74) is -0.122. The number of nitrogens with one attached hydrogen (secondary N) is 1. The van der Waals surface area contributed by atoms with Gasteiger partial charge in [0, 0.05) is 37.9 Å². The van der Waals surface area contributed by atoms with Gasteiger partial charge in [0.25, 0.3) is 11.5 Å². The van der Waals surface area contributed by atoms with E-state index in [2.05, 4.69) is 10.4 Å². The molecule has 11 nitrogen and oxygen atoms in total. The van der Waals surface area contributed by atoms with E-state index in [1.807, 2.05) is 13.8 Å². The molecule has 1 saturated carbocycles. The molecule has 0 spiro atoms. The third kappa shape index (κ3) is 4.85. The topological polar surface area (TPSA) is 127 Å². The Balaban J connectivity index is 1.71. The summed E-state index contributed by atoms with van der Waals surface area (Å²) in [6, 6.07) is -0.152. The van der Waals surface area contributed by atoms with Crippen LogP contribution < -0.4 is 10.9 Å². The second-order valence-corrected chi connectivity index (χ2v) is 9.14. The van der Waals surface area contributed by atoms with Crippen molar-refractivity contribution in [3.05, 3.63) is 33.8 Å². The fourth-order valence-corrected chi connectivity index (χ4v) is 4.08. The Hall–Kier alpha value is -3.18. The number of hydrogen-bond acceptors (Lipinski definition) is 7. The summed E-state index contributed by atoms with van der Waals surface area (Å²) in [5.74, 6) is -1.25. The third-order valence-corrected chi connectivity index (χ3v) is 5.87. The second-order valence-electron chi connectivity index (χ2n) is 9.14. The first-order valence-corrected chi connectivity index (χ1v) is 11.5. The highest BCUT2D eigenvalue weighted by Crippen LogP contribution is 2.23. The number of morpholine rings is 1. The summed E-state index contributed by atoms with van der Waals surface area (Å²) in [7, 11) is 1.58. The molecule has 2 amide bonds. The molecule has 2 aromatic rings. The van der Waals surface area contributed by atoms with E-state index in [9.17, 15) is 19.5 Å². The van der Waals surface area contributed by atoms with E-state index in [-0.39, 0.29) is 29.5 Å². The number of rotatable bonds is 8. The van der Waals surface area contributed by atoms with Crippen molar-refractivity contribution in [1.29, 1.82) is 0 Å². The molecule has 0 unspecified atom stereocenters. The van der Waals surface area contributed by atoms with Gasteiger partial charge < -0.3 is 24.8 Å². The van der Waals surface area contributed by atoms with E-state index in [0.717, 1.165) is 12.8 Å².